The lowest BCUT2D eigenvalue weighted by Crippen LogP contribution is -2.45. The van der Waals surface area contributed by atoms with Crippen molar-refractivity contribution >= 4 is 60.1 Å². The molecule has 1 aliphatic rings. The SMILES string of the molecule is COC(=O)c1cc(Oc2ccc(Cl)cc2Cl)ccc1[N+](=O)[O-].CON(C)C(=O)Nc1ccc(Oc2ccc3c(c2)OC(C)(OC)CC3(C)C)cc1.O=C(O)CNCP(=O)(O)O. The molecule has 2 amide bonds. The van der Waals surface area contributed by atoms with Crippen molar-refractivity contribution in [2.75, 3.05) is 46.5 Å². The number of benzene rings is 4. The van der Waals surface area contributed by atoms with Gasteiger partial charge in [0.25, 0.3) is 5.69 Å². The van der Waals surface area contributed by atoms with E-state index in [0.29, 0.717) is 28.0 Å². The molecule has 0 spiro atoms. The highest BCUT2D eigenvalue weighted by Crippen LogP contribution is 2.46. The fourth-order valence-electron chi connectivity index (χ4n) is 5.52. The molecule has 1 unspecified atom stereocenters. The molecule has 61 heavy (non-hydrogen) atoms. The van der Waals surface area contributed by atoms with Gasteiger partial charge in [-0.05, 0) is 60.0 Å². The zero-order chi connectivity index (χ0) is 45.7. The summed E-state index contributed by atoms with van der Waals surface area (Å²) in [6, 6.07) is 20.9. The molecule has 19 nitrogen and oxygen atoms in total. The molecule has 330 valence electrons. The van der Waals surface area contributed by atoms with Crippen molar-refractivity contribution < 1.29 is 67.3 Å². The molecule has 1 atom stereocenters. The minimum absolute atomic E-state index is 0.0773. The largest absolute Gasteiger partial charge is 0.480 e. The van der Waals surface area contributed by atoms with Gasteiger partial charge in [0.2, 0.25) is 5.79 Å². The molecule has 0 saturated heterocycles. The van der Waals surface area contributed by atoms with Crippen molar-refractivity contribution in [3.05, 3.63) is 110 Å². The molecule has 0 aliphatic carbocycles. The number of nitro groups is 1. The highest BCUT2D eigenvalue weighted by atomic mass is 35.5. The number of amides is 2. The number of hydroxylamine groups is 2. The van der Waals surface area contributed by atoms with Crippen LogP contribution in [0.1, 0.15) is 43.1 Å². The Morgan fingerprint density at radius 3 is 2.10 bits per heavy atom. The van der Waals surface area contributed by atoms with Crippen LogP contribution in [0.5, 0.6) is 28.7 Å². The number of aliphatic carboxylic acids is 1. The highest BCUT2D eigenvalue weighted by molar-refractivity contribution is 7.51. The smallest absolute Gasteiger partial charge is 0.345 e. The number of anilines is 1. The summed E-state index contributed by atoms with van der Waals surface area (Å²) in [5.74, 6) is -0.0820. The average Bonchev–Trinajstić information content (AvgIpc) is 3.18. The third-order valence-electron chi connectivity index (χ3n) is 8.39. The molecule has 4 aromatic carbocycles. The summed E-state index contributed by atoms with van der Waals surface area (Å²) in [6.45, 7) is 5.87. The van der Waals surface area contributed by atoms with Gasteiger partial charge in [0.1, 0.15) is 34.3 Å². The molecule has 0 bridgehead atoms. The molecule has 0 aromatic heterocycles. The monoisotopic (exact) mass is 910 g/mol. The summed E-state index contributed by atoms with van der Waals surface area (Å²) in [5.41, 5.74) is 1.10. The van der Waals surface area contributed by atoms with Gasteiger partial charge >= 0.3 is 25.6 Å². The number of hydrogen-bond donors (Lipinski definition) is 5. The quantitative estimate of drug-likeness (QED) is 0.0367. The third kappa shape index (κ3) is 15.5. The highest BCUT2D eigenvalue weighted by Gasteiger charge is 2.42. The van der Waals surface area contributed by atoms with Crippen LogP contribution in [-0.4, -0.2) is 89.8 Å². The van der Waals surface area contributed by atoms with Gasteiger partial charge in [0.05, 0.1) is 37.0 Å². The molecule has 0 radical (unpaired) electrons. The standard InChI is InChI=1S/C22H28N2O5.C14H9Cl2NO5.C3H8NO5P/c1-21(2)14-22(3,26-5)29-19-13-17(11-12-18(19)21)28-16-9-7-15(8-10-16)23-20(25)24(4)27-6;1-21-14(18)10-7-9(3-4-12(10)17(19)20)22-13-5-2-8(15)6-11(13)16;5-3(6)1-4-2-10(7,8)9/h7-13H,14H2,1-6H3,(H,23,25);2-7H,1H3;4H,1-2H2,(H,5,6)(H2,7,8,9). The number of nitro benzene ring substituents is 1. The lowest BCUT2D eigenvalue weighted by molar-refractivity contribution is -0.385. The number of nitrogens with one attached hydrogen (secondary N) is 2. The summed E-state index contributed by atoms with van der Waals surface area (Å²) < 4.78 is 37.8. The van der Waals surface area contributed by atoms with E-state index in [1.807, 2.05) is 25.1 Å². The first-order valence-corrected chi connectivity index (χ1v) is 20.3. The van der Waals surface area contributed by atoms with Crippen molar-refractivity contribution in [2.24, 2.45) is 0 Å². The molecule has 4 aromatic rings. The summed E-state index contributed by atoms with van der Waals surface area (Å²) in [6.07, 6.45) is 0.161. The number of methoxy groups -OCH3 is 2. The number of esters is 1. The summed E-state index contributed by atoms with van der Waals surface area (Å²) >= 11 is 11.8. The Kier molecular flexibility index (Phi) is 17.9. The molecule has 1 heterocycles. The van der Waals surface area contributed by atoms with E-state index in [2.05, 4.69) is 29.2 Å². The molecular formula is C39H45Cl2N4O15P. The van der Waals surface area contributed by atoms with Gasteiger partial charge in [-0.1, -0.05) is 43.1 Å². The van der Waals surface area contributed by atoms with Crippen molar-refractivity contribution in [2.45, 2.75) is 38.4 Å². The van der Waals surface area contributed by atoms with Crippen LogP contribution in [0.2, 0.25) is 10.0 Å². The van der Waals surface area contributed by atoms with Gasteiger partial charge in [-0.2, -0.15) is 0 Å². The molecule has 0 fully saturated rings. The minimum Gasteiger partial charge on any atom is -0.480 e. The van der Waals surface area contributed by atoms with Crippen LogP contribution in [0.3, 0.4) is 0 Å². The average molecular weight is 912 g/mol. The predicted octanol–water partition coefficient (Wildman–Crippen LogP) is 8.20. The number of urea groups is 1. The molecule has 5 N–H and O–H groups in total. The maximum atomic E-state index is 11.8. The Balaban J connectivity index is 0.000000273. The molecule has 5 rings (SSSR count). The van der Waals surface area contributed by atoms with Crippen LogP contribution >= 0.6 is 30.8 Å². The van der Waals surface area contributed by atoms with Gasteiger partial charge in [-0.3, -0.25) is 29.6 Å². The van der Waals surface area contributed by atoms with Crippen LogP contribution < -0.4 is 24.8 Å². The normalized spacial score (nSPS) is 14.9. The summed E-state index contributed by atoms with van der Waals surface area (Å²) in [5, 5.41) is 25.5. The van der Waals surface area contributed by atoms with E-state index in [9.17, 15) is 29.1 Å². The Labute approximate surface area is 360 Å². The van der Waals surface area contributed by atoms with E-state index in [0.717, 1.165) is 36.0 Å². The maximum absolute atomic E-state index is 11.8. The van der Waals surface area contributed by atoms with Crippen LogP contribution in [0.25, 0.3) is 0 Å². The van der Waals surface area contributed by atoms with Crippen molar-refractivity contribution in [1.82, 2.24) is 10.4 Å². The number of rotatable bonds is 13. The second-order valence-electron chi connectivity index (χ2n) is 13.6. The Hall–Kier alpha value is -5.50. The summed E-state index contributed by atoms with van der Waals surface area (Å²) in [4.78, 5) is 64.7. The molecular weight excluding hydrogens is 866 g/mol. The lowest BCUT2D eigenvalue weighted by Gasteiger charge is -2.43. The van der Waals surface area contributed by atoms with E-state index in [1.54, 1.807) is 43.5 Å². The molecule has 0 saturated carbocycles. The molecule has 1 aliphatic heterocycles. The fraction of sp³-hybridized carbons (Fsp3) is 0.308. The van der Waals surface area contributed by atoms with Gasteiger partial charge in [-0.25, -0.2) is 14.7 Å². The molecule has 22 heteroatoms. The van der Waals surface area contributed by atoms with Crippen LogP contribution in [0, 0.1) is 10.1 Å². The van der Waals surface area contributed by atoms with E-state index in [-0.39, 0.29) is 33.5 Å². The Morgan fingerprint density at radius 1 is 0.918 bits per heavy atom. The number of nitrogens with zero attached hydrogens (tertiary/aromatic N) is 2. The second-order valence-corrected chi connectivity index (χ2v) is 16.1. The van der Waals surface area contributed by atoms with E-state index >= 15 is 0 Å². The van der Waals surface area contributed by atoms with Crippen molar-refractivity contribution in [1.29, 1.82) is 0 Å². The Morgan fingerprint density at radius 2 is 1.54 bits per heavy atom. The number of carbonyl (C=O) groups is 3. The maximum Gasteiger partial charge on any atom is 0.345 e. The zero-order valence-corrected chi connectivity index (χ0v) is 36.4. The number of carboxylic acids is 1. The topological polar surface area (TPSA) is 255 Å². The van der Waals surface area contributed by atoms with E-state index < -0.39 is 43.1 Å². The lowest BCUT2D eigenvalue weighted by atomic mass is 9.76. The van der Waals surface area contributed by atoms with Crippen molar-refractivity contribution in [3.8, 4) is 28.7 Å². The van der Waals surface area contributed by atoms with Crippen LogP contribution in [0.4, 0.5) is 16.2 Å². The number of carboxylic acid groups (broad SMARTS) is 1. The van der Waals surface area contributed by atoms with E-state index in [4.69, 9.17) is 61.9 Å². The minimum atomic E-state index is -4.10. The van der Waals surface area contributed by atoms with Crippen molar-refractivity contribution in [3.63, 3.8) is 0 Å². The number of carbonyl (C=O) groups excluding carboxylic acids is 2. The number of halogens is 2. The second kappa shape index (κ2) is 21.8. The first-order valence-electron chi connectivity index (χ1n) is 17.7. The van der Waals surface area contributed by atoms with Gasteiger partial charge < -0.3 is 43.9 Å². The summed E-state index contributed by atoms with van der Waals surface area (Å²) in [7, 11) is 1.65. The number of fused-ring (bicyclic) bond motifs is 1. The van der Waals surface area contributed by atoms with E-state index in [1.165, 1.54) is 32.4 Å². The van der Waals surface area contributed by atoms with Gasteiger partial charge in [0, 0.05) is 62.0 Å². The first-order chi connectivity index (χ1) is 28.5. The zero-order valence-electron chi connectivity index (χ0n) is 34.0. The Bertz CT molecular complexity index is 2240. The van der Waals surface area contributed by atoms with Gasteiger partial charge in [0.15, 0.2) is 0 Å². The van der Waals surface area contributed by atoms with Crippen LogP contribution in [-0.2, 0) is 29.1 Å². The number of ether oxygens (including phenoxy) is 5. The predicted molar refractivity (Wildman–Crippen MR) is 224 cm³/mol. The van der Waals surface area contributed by atoms with Gasteiger partial charge in [-0.15, -0.1) is 0 Å². The van der Waals surface area contributed by atoms with Crippen LogP contribution in [0.15, 0.2) is 78.9 Å². The fourth-order valence-corrected chi connectivity index (χ4v) is 6.37. The first kappa shape index (κ1) is 49.9. The third-order valence-corrected chi connectivity index (χ3v) is 9.56. The number of hydrogen-bond acceptors (Lipinski definition) is 13.